The lowest BCUT2D eigenvalue weighted by Crippen LogP contribution is -1.53. The van der Waals surface area contributed by atoms with Gasteiger partial charge in [0.15, 0.2) is 0 Å². The Morgan fingerprint density at radius 1 is 0.667 bits per heavy atom. The van der Waals surface area contributed by atoms with Gasteiger partial charge in [-0.3, -0.25) is 0 Å². The second-order valence-electron chi connectivity index (χ2n) is 1.27. The predicted octanol–water partition coefficient (Wildman–Crippen LogP) is 0.223. The van der Waals surface area contributed by atoms with Gasteiger partial charge < -0.3 is 0 Å². The molecule has 12 heavy (non-hydrogen) atoms. The Labute approximate surface area is 72.7 Å². The van der Waals surface area contributed by atoms with Gasteiger partial charge in [0.1, 0.15) is 0 Å². The summed E-state index contributed by atoms with van der Waals surface area (Å²) in [6.07, 6.45) is 11.2. The Bertz CT molecular complexity index is 412. The van der Waals surface area contributed by atoms with E-state index in [4.69, 9.17) is 12.8 Å². The molecule has 0 saturated carbocycles. The van der Waals surface area contributed by atoms with Gasteiger partial charge >= 0.3 is 0 Å². The Morgan fingerprint density at radius 3 is 1.50 bits per heavy atom. The van der Waals surface area contributed by atoms with Gasteiger partial charge in [-0.2, -0.15) is 0 Å². The highest BCUT2D eigenvalue weighted by atomic mass is 13.6. The van der Waals surface area contributed by atoms with Gasteiger partial charge in [0.25, 0.3) is 0 Å². The molecule has 0 unspecified atom stereocenters. The van der Waals surface area contributed by atoms with Crippen LogP contribution in [0.4, 0.5) is 0 Å². The van der Waals surface area contributed by atoms with Crippen LogP contribution >= 0.6 is 0 Å². The van der Waals surface area contributed by atoms with E-state index in [1.54, 1.807) is 0 Å². The fourth-order valence-corrected chi connectivity index (χ4v) is 0.255. The maximum Gasteiger partial charge on any atom is 0 e. The summed E-state index contributed by atoms with van der Waals surface area (Å²) in [7, 11) is 0. The molecule has 0 saturated heterocycles. The van der Waals surface area contributed by atoms with E-state index < -0.39 is 0 Å². The third kappa shape index (κ3) is 7.36. The minimum absolute atomic E-state index is 1.86. The molecule has 49 valence electrons. The first-order chi connectivity index (χ1) is 5.91. The lowest BCUT2D eigenvalue weighted by Gasteiger charge is -1.53. The number of hydrogen-bond donors (Lipinski definition) is 0. The molecule has 0 rings (SSSR count). The summed E-state index contributed by atoms with van der Waals surface area (Å²) in [5, 5.41) is 0. The zero-order valence-corrected chi connectivity index (χ0v) is 6.08. The quantitative estimate of drug-likeness (QED) is 0.428. The minimum atomic E-state index is 1.86. The highest BCUT2D eigenvalue weighted by Crippen LogP contribution is 1.54. The molecule has 0 aromatic carbocycles. The average Bonchev–Trinajstić information content (AvgIpc) is 2.10. The van der Waals surface area contributed by atoms with E-state index in [1.807, 2.05) is 5.92 Å². The lowest BCUT2D eigenvalue weighted by molar-refractivity contribution is 2.35. The molecule has 0 spiro atoms. The van der Waals surface area contributed by atoms with Crippen LogP contribution in [0, 0.1) is 72.1 Å². The van der Waals surface area contributed by atoms with Gasteiger partial charge in [0.2, 0.25) is 0 Å². The monoisotopic (exact) mass is 145 g/mol. The van der Waals surface area contributed by atoms with Crippen LogP contribution < -0.4 is 0 Å². The van der Waals surface area contributed by atoms with E-state index in [9.17, 15) is 0 Å². The molecule has 0 nitrogen and oxygen atoms in total. The Balaban J connectivity index is 4.12. The van der Waals surface area contributed by atoms with Crippen molar-refractivity contribution in [3.63, 3.8) is 0 Å². The molecule has 0 heteroatoms. The van der Waals surface area contributed by atoms with Crippen molar-refractivity contribution in [2.75, 3.05) is 0 Å². The Kier molecular flexibility index (Phi) is 6.52. The van der Waals surface area contributed by atoms with Gasteiger partial charge in [0.05, 0.1) is 0 Å². The van der Waals surface area contributed by atoms with E-state index in [0.717, 1.165) is 0 Å². The molecule has 0 aliphatic rings. The number of rotatable bonds is 0. The molecular formula is C12H. The van der Waals surface area contributed by atoms with Crippen molar-refractivity contribution in [1.82, 2.24) is 0 Å². The van der Waals surface area contributed by atoms with Crippen LogP contribution in [0.15, 0.2) is 0 Å². The summed E-state index contributed by atoms with van der Waals surface area (Å²) in [4.78, 5) is 0. The topological polar surface area (TPSA) is 0 Å². The van der Waals surface area contributed by atoms with Crippen LogP contribution in [0.3, 0.4) is 0 Å². The van der Waals surface area contributed by atoms with Crippen LogP contribution in [0.25, 0.3) is 0 Å². The Hall–Kier alpha value is -2.64. The second kappa shape index (κ2) is 8.36. The molecule has 0 aliphatic carbocycles. The molecular weight excluding hydrogens is 144 g/mol. The summed E-state index contributed by atoms with van der Waals surface area (Å²) in [5.41, 5.74) is 0. The predicted molar refractivity (Wildman–Crippen MR) is 47.1 cm³/mol. The molecule has 0 heterocycles. The van der Waals surface area contributed by atoms with Crippen LogP contribution in [0.5, 0.6) is 0 Å². The summed E-state index contributed by atoms with van der Waals surface area (Å²) in [5.74, 6) is 22.8. The summed E-state index contributed by atoms with van der Waals surface area (Å²) in [6.45, 7) is 0. The van der Waals surface area contributed by atoms with Gasteiger partial charge in [-0.1, -0.05) is 0 Å². The number of terminal acetylenes is 1. The number of hydrogen-bond acceptors (Lipinski definition) is 0. The van der Waals surface area contributed by atoms with Gasteiger partial charge in [-0.05, 0) is 47.4 Å². The molecule has 0 atom stereocenters. The van der Waals surface area contributed by atoms with E-state index >= 15 is 0 Å². The zero-order chi connectivity index (χ0) is 9.07. The van der Waals surface area contributed by atoms with Crippen molar-refractivity contribution in [2.24, 2.45) is 0 Å². The summed E-state index contributed by atoms with van der Waals surface area (Å²) in [6, 6.07) is 0. The summed E-state index contributed by atoms with van der Waals surface area (Å²) < 4.78 is 0. The third-order valence-corrected chi connectivity index (χ3v) is 0.572. The third-order valence-electron chi connectivity index (χ3n) is 0.572. The van der Waals surface area contributed by atoms with Crippen molar-refractivity contribution in [3.05, 3.63) is 6.42 Å². The lowest BCUT2D eigenvalue weighted by atomic mass is 10.5. The largest absolute Gasteiger partial charge is 0.106 e. The first-order valence-electron chi connectivity index (χ1n) is 2.79. The standard InChI is InChI=1S/C12H/c1-3-5-7-9-11-12-10-8-6-4-2/h1H. The SMILES string of the molecule is [C]#CC#CC#CC#CC#CC#C. The molecule has 0 amide bonds. The van der Waals surface area contributed by atoms with E-state index in [2.05, 4.69) is 53.3 Å². The van der Waals surface area contributed by atoms with E-state index in [0.29, 0.717) is 0 Å². The second-order valence-corrected chi connectivity index (χ2v) is 1.27. The zero-order valence-electron chi connectivity index (χ0n) is 6.08. The summed E-state index contributed by atoms with van der Waals surface area (Å²) >= 11 is 0. The first-order valence-corrected chi connectivity index (χ1v) is 2.79. The van der Waals surface area contributed by atoms with Gasteiger partial charge in [-0.15, -0.1) is 6.42 Å². The first kappa shape index (κ1) is 9.36. The fourth-order valence-electron chi connectivity index (χ4n) is 0.255. The molecule has 1 radical (unpaired) electrons. The van der Waals surface area contributed by atoms with Crippen LogP contribution in [0.2, 0.25) is 0 Å². The smallest absolute Gasteiger partial charge is 0 e. The molecule has 0 bridgehead atoms. The van der Waals surface area contributed by atoms with E-state index in [1.165, 1.54) is 0 Å². The molecule has 0 aromatic rings. The maximum absolute atomic E-state index is 6.40. The highest BCUT2D eigenvalue weighted by Gasteiger charge is 1.54. The van der Waals surface area contributed by atoms with Crippen molar-refractivity contribution in [3.8, 4) is 65.6 Å². The average molecular weight is 145 g/mol. The van der Waals surface area contributed by atoms with Crippen molar-refractivity contribution in [1.29, 1.82) is 0 Å². The van der Waals surface area contributed by atoms with Gasteiger partial charge in [0, 0.05) is 18.3 Å². The van der Waals surface area contributed by atoms with Crippen molar-refractivity contribution >= 4 is 0 Å². The maximum atomic E-state index is 6.40. The van der Waals surface area contributed by atoms with Crippen LogP contribution in [-0.2, 0) is 0 Å². The van der Waals surface area contributed by atoms with Gasteiger partial charge in [-0.25, -0.2) is 0 Å². The van der Waals surface area contributed by atoms with Crippen LogP contribution in [-0.4, -0.2) is 0 Å². The van der Waals surface area contributed by atoms with E-state index in [-0.39, 0.29) is 0 Å². The highest BCUT2D eigenvalue weighted by molar-refractivity contribution is 5.43. The fraction of sp³-hybridized carbons (Fsp3) is 0. The van der Waals surface area contributed by atoms with Crippen molar-refractivity contribution in [2.45, 2.75) is 0 Å². The molecule has 0 N–H and O–H groups in total. The van der Waals surface area contributed by atoms with Crippen molar-refractivity contribution < 1.29 is 0 Å². The van der Waals surface area contributed by atoms with Crippen LogP contribution in [0.1, 0.15) is 0 Å². The minimum Gasteiger partial charge on any atom is -0.106 e. The molecule has 0 aromatic heterocycles. The molecule has 0 aliphatic heterocycles. The molecule has 0 fully saturated rings. The Morgan fingerprint density at radius 2 is 1.08 bits per heavy atom. The normalized spacial score (nSPS) is 3.50.